The molecule has 0 aliphatic heterocycles. The monoisotopic (exact) mass is 292 g/mol. The van der Waals surface area contributed by atoms with E-state index in [1.165, 1.54) is 11.3 Å². The molecule has 0 fully saturated rings. The summed E-state index contributed by atoms with van der Waals surface area (Å²) in [6, 6.07) is 7.28. The summed E-state index contributed by atoms with van der Waals surface area (Å²) in [5, 5.41) is 11.9. The van der Waals surface area contributed by atoms with Gasteiger partial charge in [0.2, 0.25) is 0 Å². The van der Waals surface area contributed by atoms with Crippen LogP contribution in [0.15, 0.2) is 29.6 Å². The zero-order valence-corrected chi connectivity index (χ0v) is 12.2. The average Bonchev–Trinajstić information content (AvgIpc) is 2.75. The van der Waals surface area contributed by atoms with Crippen LogP contribution >= 0.6 is 22.9 Å². The third-order valence-electron chi connectivity index (χ3n) is 2.89. The first-order valence-electron chi connectivity index (χ1n) is 5.74. The molecule has 0 amide bonds. The van der Waals surface area contributed by atoms with Gasteiger partial charge < -0.3 is 5.11 Å². The van der Waals surface area contributed by atoms with Crippen LogP contribution in [-0.2, 0) is 4.79 Å². The first-order chi connectivity index (χ1) is 8.99. The lowest BCUT2D eigenvalue weighted by Crippen LogP contribution is -1.99. The molecule has 1 N–H and O–H groups in total. The molecule has 0 aliphatic rings. The first kappa shape index (κ1) is 13.8. The van der Waals surface area contributed by atoms with Gasteiger partial charge in [-0.1, -0.05) is 23.7 Å². The van der Waals surface area contributed by atoms with Crippen LogP contribution in [0.1, 0.15) is 21.6 Å². The van der Waals surface area contributed by atoms with Crippen molar-refractivity contribution in [2.75, 3.05) is 0 Å². The maximum absolute atomic E-state index is 11.4. The van der Waals surface area contributed by atoms with Gasteiger partial charge in [0, 0.05) is 9.90 Å². The van der Waals surface area contributed by atoms with Gasteiger partial charge in [-0.05, 0) is 54.1 Å². The minimum atomic E-state index is -0.951. The van der Waals surface area contributed by atoms with Gasteiger partial charge in [-0.15, -0.1) is 11.3 Å². The molecule has 4 heteroatoms. The smallest absolute Gasteiger partial charge is 0.336 e. The van der Waals surface area contributed by atoms with E-state index in [0.29, 0.717) is 10.6 Å². The normalized spacial score (nSPS) is 11.6. The molecule has 0 atom stereocenters. The lowest BCUT2D eigenvalue weighted by Gasteiger charge is -2.05. The summed E-state index contributed by atoms with van der Waals surface area (Å²) < 4.78 is 0. The summed E-state index contributed by atoms with van der Waals surface area (Å²) in [7, 11) is 0. The van der Waals surface area contributed by atoms with Crippen molar-refractivity contribution in [3.63, 3.8) is 0 Å². The van der Waals surface area contributed by atoms with Crippen molar-refractivity contribution in [1.29, 1.82) is 0 Å². The van der Waals surface area contributed by atoms with E-state index in [4.69, 9.17) is 11.6 Å². The molecule has 0 aliphatic carbocycles. The predicted molar refractivity (Wildman–Crippen MR) is 80.8 cm³/mol. The van der Waals surface area contributed by atoms with Gasteiger partial charge in [-0.25, -0.2) is 4.79 Å². The van der Waals surface area contributed by atoms with Crippen LogP contribution in [0.25, 0.3) is 11.6 Å². The van der Waals surface area contributed by atoms with E-state index in [-0.39, 0.29) is 5.57 Å². The van der Waals surface area contributed by atoms with Crippen LogP contribution in [0.3, 0.4) is 0 Å². The fourth-order valence-electron chi connectivity index (χ4n) is 1.69. The highest BCUT2D eigenvalue weighted by molar-refractivity contribution is 7.11. The third kappa shape index (κ3) is 3.06. The minimum absolute atomic E-state index is 0.257. The number of halogens is 1. The molecule has 0 saturated carbocycles. The van der Waals surface area contributed by atoms with Crippen LogP contribution in [0, 0.1) is 13.8 Å². The van der Waals surface area contributed by atoms with Crippen molar-refractivity contribution in [3.8, 4) is 0 Å². The Morgan fingerprint density at radius 2 is 2.00 bits per heavy atom. The van der Waals surface area contributed by atoms with Gasteiger partial charge in [0.1, 0.15) is 0 Å². The number of hydrogen-bond acceptors (Lipinski definition) is 2. The van der Waals surface area contributed by atoms with Gasteiger partial charge in [0.15, 0.2) is 0 Å². The predicted octanol–water partition coefficient (Wildman–Crippen LogP) is 4.64. The van der Waals surface area contributed by atoms with Crippen molar-refractivity contribution in [2.24, 2.45) is 0 Å². The minimum Gasteiger partial charge on any atom is -0.478 e. The maximum Gasteiger partial charge on any atom is 0.336 e. The number of thiophene rings is 1. The molecule has 19 heavy (non-hydrogen) atoms. The Labute approximate surface area is 121 Å². The summed E-state index contributed by atoms with van der Waals surface area (Å²) >= 11 is 7.58. The van der Waals surface area contributed by atoms with Crippen LogP contribution in [0.5, 0.6) is 0 Å². The number of carbonyl (C=O) groups is 1. The van der Waals surface area contributed by atoms with Gasteiger partial charge >= 0.3 is 5.97 Å². The van der Waals surface area contributed by atoms with E-state index in [1.54, 1.807) is 18.2 Å². The fourth-order valence-corrected chi connectivity index (χ4v) is 2.73. The number of carboxylic acid groups (broad SMARTS) is 1. The van der Waals surface area contributed by atoms with Crippen LogP contribution in [0.4, 0.5) is 0 Å². The number of rotatable bonds is 3. The molecule has 0 saturated heterocycles. The second kappa shape index (κ2) is 5.59. The highest BCUT2D eigenvalue weighted by Gasteiger charge is 2.12. The third-order valence-corrected chi connectivity index (χ3v) is 4.26. The molecule has 1 aromatic heterocycles. The Morgan fingerprint density at radius 3 is 2.53 bits per heavy atom. The topological polar surface area (TPSA) is 37.3 Å². The van der Waals surface area contributed by atoms with E-state index < -0.39 is 5.97 Å². The molecule has 0 unspecified atom stereocenters. The van der Waals surface area contributed by atoms with Crippen molar-refractivity contribution in [2.45, 2.75) is 13.8 Å². The Bertz CT molecular complexity index is 656. The summed E-state index contributed by atoms with van der Waals surface area (Å²) in [6.07, 6.45) is 1.70. The van der Waals surface area contributed by atoms with Crippen LogP contribution < -0.4 is 0 Å². The molecule has 2 rings (SSSR count). The quantitative estimate of drug-likeness (QED) is 0.837. The number of benzene rings is 1. The summed E-state index contributed by atoms with van der Waals surface area (Å²) in [5.41, 5.74) is 2.88. The summed E-state index contributed by atoms with van der Waals surface area (Å²) in [4.78, 5) is 12.4. The van der Waals surface area contributed by atoms with E-state index in [2.05, 4.69) is 0 Å². The molecule has 0 bridgehead atoms. The molecule has 98 valence electrons. The Morgan fingerprint density at radius 1 is 1.26 bits per heavy atom. The highest BCUT2D eigenvalue weighted by Crippen LogP contribution is 2.27. The van der Waals surface area contributed by atoms with Crippen molar-refractivity contribution < 1.29 is 9.90 Å². The van der Waals surface area contributed by atoms with Gasteiger partial charge in [0.05, 0.1) is 5.57 Å². The second-order valence-electron chi connectivity index (χ2n) is 4.29. The molecule has 0 spiro atoms. The molecular weight excluding hydrogens is 280 g/mol. The number of hydrogen-bond donors (Lipinski definition) is 1. The molecule has 2 aromatic rings. The van der Waals surface area contributed by atoms with E-state index >= 15 is 0 Å². The van der Waals surface area contributed by atoms with Crippen LogP contribution in [0.2, 0.25) is 5.02 Å². The van der Waals surface area contributed by atoms with Gasteiger partial charge in [0.25, 0.3) is 0 Å². The molecule has 2 nitrogen and oxygen atoms in total. The largest absolute Gasteiger partial charge is 0.478 e. The summed E-state index contributed by atoms with van der Waals surface area (Å²) in [5.74, 6) is -0.951. The molecule has 0 radical (unpaired) electrons. The van der Waals surface area contributed by atoms with Crippen molar-refractivity contribution in [3.05, 3.63) is 56.2 Å². The summed E-state index contributed by atoms with van der Waals surface area (Å²) in [6.45, 7) is 3.85. The van der Waals surface area contributed by atoms with E-state index in [0.717, 1.165) is 16.0 Å². The van der Waals surface area contributed by atoms with Crippen LogP contribution in [-0.4, -0.2) is 11.1 Å². The maximum atomic E-state index is 11.4. The molecular formula is C15H13ClO2S. The van der Waals surface area contributed by atoms with Crippen molar-refractivity contribution in [1.82, 2.24) is 0 Å². The number of aliphatic carboxylic acids is 1. The lowest BCUT2D eigenvalue weighted by molar-refractivity contribution is -0.130. The highest BCUT2D eigenvalue weighted by atomic mass is 35.5. The Kier molecular flexibility index (Phi) is 4.08. The Hall–Kier alpha value is -1.58. The number of aryl methyl sites for hydroxylation is 2. The zero-order valence-electron chi connectivity index (χ0n) is 10.6. The molecule has 1 aromatic carbocycles. The van der Waals surface area contributed by atoms with Gasteiger partial charge in [-0.2, -0.15) is 0 Å². The lowest BCUT2D eigenvalue weighted by atomic mass is 10.0. The zero-order chi connectivity index (χ0) is 14.0. The number of carboxylic acids is 1. The van der Waals surface area contributed by atoms with E-state index in [1.807, 2.05) is 31.4 Å². The molecule has 1 heterocycles. The van der Waals surface area contributed by atoms with Crippen molar-refractivity contribution >= 4 is 40.6 Å². The second-order valence-corrected chi connectivity index (χ2v) is 5.65. The first-order valence-corrected chi connectivity index (χ1v) is 7.00. The Balaban J connectivity index is 2.52. The van der Waals surface area contributed by atoms with Gasteiger partial charge in [-0.3, -0.25) is 0 Å². The van der Waals surface area contributed by atoms with E-state index in [9.17, 15) is 9.90 Å². The average molecular weight is 293 g/mol. The standard InChI is InChI=1S/C15H13ClO2S/c1-9-3-4-11(7-13(9)16)12(15(17)18)8-14-10(2)5-6-19-14/h3-8H,1-2H3,(H,17,18)/b12-8-. The fraction of sp³-hybridized carbons (Fsp3) is 0.133. The SMILES string of the molecule is Cc1ccc(/C(=C/c2sccc2C)C(=O)O)cc1Cl.